The Labute approximate surface area is 84.1 Å². The van der Waals surface area contributed by atoms with Crippen molar-refractivity contribution in [2.75, 3.05) is 26.2 Å². The molecule has 2 amide bonds. The smallest absolute Gasteiger partial charge is 0.311 e. The predicted octanol–water partition coefficient (Wildman–Crippen LogP) is -0.647. The van der Waals surface area contributed by atoms with E-state index in [0.29, 0.717) is 13.1 Å². The number of likely N-dealkylation sites (N-methyl/N-ethyl adjacent to an activating group) is 1. The van der Waals surface area contributed by atoms with Gasteiger partial charge in [-0.15, -0.1) is 0 Å². The zero-order chi connectivity index (χ0) is 11.0. The van der Waals surface area contributed by atoms with Gasteiger partial charge in [0.15, 0.2) is 0 Å². The van der Waals surface area contributed by atoms with E-state index in [1.165, 1.54) is 4.90 Å². The molecule has 0 radical (unpaired) electrons. The second-order valence-electron chi connectivity index (χ2n) is 2.86. The minimum Gasteiger partial charge on any atom is -0.395 e. The van der Waals surface area contributed by atoms with Crippen molar-refractivity contribution in [2.24, 2.45) is 0 Å². The molecule has 0 saturated carbocycles. The standard InChI is InChI=1S/C9H18N2O3/c1-3-5-10-8(13)9(14)11(4-2)6-7-12/h12H,3-7H2,1-2H3,(H,10,13). The molecule has 0 aromatic heterocycles. The van der Waals surface area contributed by atoms with E-state index in [9.17, 15) is 9.59 Å². The van der Waals surface area contributed by atoms with Gasteiger partial charge in [-0.25, -0.2) is 0 Å². The van der Waals surface area contributed by atoms with Crippen molar-refractivity contribution in [2.45, 2.75) is 20.3 Å². The Kier molecular flexibility index (Phi) is 6.74. The van der Waals surface area contributed by atoms with Crippen LogP contribution in [0.25, 0.3) is 0 Å². The van der Waals surface area contributed by atoms with Gasteiger partial charge in [-0.3, -0.25) is 9.59 Å². The molecule has 0 rings (SSSR count). The van der Waals surface area contributed by atoms with E-state index < -0.39 is 11.8 Å². The van der Waals surface area contributed by atoms with Gasteiger partial charge in [0.25, 0.3) is 0 Å². The minimum atomic E-state index is -0.595. The van der Waals surface area contributed by atoms with Crippen LogP contribution >= 0.6 is 0 Å². The molecule has 2 N–H and O–H groups in total. The zero-order valence-corrected chi connectivity index (χ0v) is 8.75. The maximum atomic E-state index is 11.4. The van der Waals surface area contributed by atoms with Crippen molar-refractivity contribution in [3.05, 3.63) is 0 Å². The molecule has 0 aromatic rings. The summed E-state index contributed by atoms with van der Waals surface area (Å²) >= 11 is 0. The van der Waals surface area contributed by atoms with Crippen LogP contribution in [-0.4, -0.2) is 48.1 Å². The Morgan fingerprint density at radius 1 is 1.36 bits per heavy atom. The number of rotatable bonds is 5. The number of aliphatic hydroxyl groups excluding tert-OH is 1. The molecule has 0 bridgehead atoms. The zero-order valence-electron chi connectivity index (χ0n) is 8.75. The van der Waals surface area contributed by atoms with Crippen LogP contribution in [0.2, 0.25) is 0 Å². The summed E-state index contributed by atoms with van der Waals surface area (Å²) in [5.41, 5.74) is 0. The number of nitrogens with zero attached hydrogens (tertiary/aromatic N) is 1. The Bertz CT molecular complexity index is 194. The maximum absolute atomic E-state index is 11.4. The van der Waals surface area contributed by atoms with E-state index in [2.05, 4.69) is 5.32 Å². The van der Waals surface area contributed by atoms with Gasteiger partial charge >= 0.3 is 11.8 Å². The van der Waals surface area contributed by atoms with Crippen LogP contribution in [0.3, 0.4) is 0 Å². The number of carbonyl (C=O) groups is 2. The quantitative estimate of drug-likeness (QED) is 0.582. The summed E-state index contributed by atoms with van der Waals surface area (Å²) in [6, 6.07) is 0. The highest BCUT2D eigenvalue weighted by Crippen LogP contribution is 1.89. The first-order chi connectivity index (χ1) is 6.67. The van der Waals surface area contributed by atoms with Gasteiger partial charge in [0.2, 0.25) is 0 Å². The van der Waals surface area contributed by atoms with Crippen LogP contribution in [0.4, 0.5) is 0 Å². The molecule has 0 saturated heterocycles. The minimum absolute atomic E-state index is 0.124. The molecule has 0 aliphatic carbocycles. The molecular formula is C9H18N2O3. The number of nitrogens with one attached hydrogen (secondary N) is 1. The van der Waals surface area contributed by atoms with Gasteiger partial charge in [0.05, 0.1) is 6.61 Å². The number of aliphatic hydroxyl groups is 1. The first-order valence-corrected chi connectivity index (χ1v) is 4.85. The van der Waals surface area contributed by atoms with Crippen molar-refractivity contribution >= 4 is 11.8 Å². The monoisotopic (exact) mass is 202 g/mol. The third kappa shape index (κ3) is 4.23. The lowest BCUT2D eigenvalue weighted by Crippen LogP contribution is -2.44. The maximum Gasteiger partial charge on any atom is 0.311 e. The molecular weight excluding hydrogens is 184 g/mol. The Balaban J connectivity index is 4.06. The fraction of sp³-hybridized carbons (Fsp3) is 0.778. The molecule has 0 spiro atoms. The average Bonchev–Trinajstić information content (AvgIpc) is 2.21. The molecule has 0 unspecified atom stereocenters. The lowest BCUT2D eigenvalue weighted by Gasteiger charge is -2.18. The van der Waals surface area contributed by atoms with Gasteiger partial charge in [0, 0.05) is 19.6 Å². The third-order valence-corrected chi connectivity index (χ3v) is 1.77. The molecule has 14 heavy (non-hydrogen) atoms. The molecule has 0 fully saturated rings. The Morgan fingerprint density at radius 2 is 2.00 bits per heavy atom. The molecule has 5 heteroatoms. The van der Waals surface area contributed by atoms with Crippen molar-refractivity contribution < 1.29 is 14.7 Å². The topological polar surface area (TPSA) is 69.6 Å². The van der Waals surface area contributed by atoms with E-state index in [0.717, 1.165) is 6.42 Å². The van der Waals surface area contributed by atoms with Crippen molar-refractivity contribution in [3.63, 3.8) is 0 Å². The van der Waals surface area contributed by atoms with E-state index in [-0.39, 0.29) is 13.2 Å². The van der Waals surface area contributed by atoms with Gasteiger partial charge < -0.3 is 15.3 Å². The first-order valence-electron chi connectivity index (χ1n) is 4.85. The molecule has 0 aromatic carbocycles. The van der Waals surface area contributed by atoms with Crippen LogP contribution in [0.15, 0.2) is 0 Å². The number of hydrogen-bond donors (Lipinski definition) is 2. The van der Waals surface area contributed by atoms with E-state index in [1.54, 1.807) is 6.92 Å². The Morgan fingerprint density at radius 3 is 2.43 bits per heavy atom. The van der Waals surface area contributed by atoms with Gasteiger partial charge in [0.1, 0.15) is 0 Å². The summed E-state index contributed by atoms with van der Waals surface area (Å²) in [6.07, 6.45) is 0.797. The van der Waals surface area contributed by atoms with Crippen LogP contribution in [-0.2, 0) is 9.59 Å². The SMILES string of the molecule is CCCNC(=O)C(=O)N(CC)CCO. The highest BCUT2D eigenvalue weighted by atomic mass is 16.3. The van der Waals surface area contributed by atoms with Crippen LogP contribution in [0.1, 0.15) is 20.3 Å². The van der Waals surface area contributed by atoms with E-state index in [4.69, 9.17) is 5.11 Å². The lowest BCUT2D eigenvalue weighted by molar-refractivity contribution is -0.146. The van der Waals surface area contributed by atoms with E-state index in [1.807, 2.05) is 6.92 Å². The highest BCUT2D eigenvalue weighted by molar-refractivity contribution is 6.34. The van der Waals surface area contributed by atoms with Crippen LogP contribution in [0.5, 0.6) is 0 Å². The lowest BCUT2D eigenvalue weighted by atomic mass is 10.4. The summed E-state index contributed by atoms with van der Waals surface area (Å²) in [4.78, 5) is 23.9. The fourth-order valence-corrected chi connectivity index (χ4v) is 0.982. The Hall–Kier alpha value is -1.10. The molecule has 0 heterocycles. The van der Waals surface area contributed by atoms with Gasteiger partial charge in [-0.2, -0.15) is 0 Å². The largest absolute Gasteiger partial charge is 0.395 e. The summed E-state index contributed by atoms with van der Waals surface area (Å²) in [5.74, 6) is -1.17. The number of amides is 2. The van der Waals surface area contributed by atoms with Gasteiger partial charge in [-0.1, -0.05) is 6.92 Å². The molecule has 0 aliphatic heterocycles. The molecule has 82 valence electrons. The first kappa shape index (κ1) is 12.9. The van der Waals surface area contributed by atoms with Crippen molar-refractivity contribution in [3.8, 4) is 0 Å². The highest BCUT2D eigenvalue weighted by Gasteiger charge is 2.18. The second kappa shape index (κ2) is 7.32. The van der Waals surface area contributed by atoms with Crippen molar-refractivity contribution in [1.29, 1.82) is 0 Å². The average molecular weight is 202 g/mol. The number of carbonyl (C=O) groups excluding carboxylic acids is 2. The summed E-state index contributed by atoms with van der Waals surface area (Å²) in [6.45, 7) is 4.69. The predicted molar refractivity (Wildman–Crippen MR) is 52.6 cm³/mol. The summed E-state index contributed by atoms with van der Waals surface area (Å²) in [7, 11) is 0. The summed E-state index contributed by atoms with van der Waals surface area (Å²) in [5, 5.41) is 11.1. The molecule has 5 nitrogen and oxygen atoms in total. The number of hydrogen-bond acceptors (Lipinski definition) is 3. The normalized spacial score (nSPS) is 9.64. The fourth-order valence-electron chi connectivity index (χ4n) is 0.982. The third-order valence-electron chi connectivity index (χ3n) is 1.77. The van der Waals surface area contributed by atoms with Crippen LogP contribution in [0, 0.1) is 0 Å². The van der Waals surface area contributed by atoms with Gasteiger partial charge in [-0.05, 0) is 13.3 Å². The van der Waals surface area contributed by atoms with Crippen LogP contribution < -0.4 is 5.32 Å². The van der Waals surface area contributed by atoms with Crippen molar-refractivity contribution in [1.82, 2.24) is 10.2 Å². The summed E-state index contributed by atoms with van der Waals surface area (Å²) < 4.78 is 0. The molecule has 0 atom stereocenters. The molecule has 0 aliphatic rings. The van der Waals surface area contributed by atoms with E-state index >= 15 is 0 Å². The second-order valence-corrected chi connectivity index (χ2v) is 2.86.